The summed E-state index contributed by atoms with van der Waals surface area (Å²) in [6.07, 6.45) is 1.66. The Hall–Kier alpha value is -2.04. The van der Waals surface area contributed by atoms with E-state index in [1.165, 1.54) is 11.6 Å². The topological polar surface area (TPSA) is 48.9 Å². The van der Waals surface area contributed by atoms with Crippen LogP contribution in [0.1, 0.15) is 5.69 Å². The number of nitrogens with zero attached hydrogens (tertiary/aromatic N) is 3. The second-order valence-electron chi connectivity index (χ2n) is 3.77. The third kappa shape index (κ3) is 1.11. The van der Waals surface area contributed by atoms with Crippen molar-refractivity contribution >= 4 is 17.1 Å². The quantitative estimate of drug-likeness (QED) is 0.688. The molecule has 0 unspecified atom stereocenters. The number of hydrogen-bond donors (Lipinski definition) is 0. The summed E-state index contributed by atoms with van der Waals surface area (Å²) in [5.41, 5.74) is 1.35. The van der Waals surface area contributed by atoms with Crippen LogP contribution >= 0.6 is 0 Å². The van der Waals surface area contributed by atoms with Gasteiger partial charge in [0.2, 0.25) is 0 Å². The maximum absolute atomic E-state index is 11.9. The molecule has 2 heterocycles. The highest BCUT2D eigenvalue weighted by Crippen LogP contribution is 2.13. The largest absolute Gasteiger partial charge is 0.338 e. The van der Waals surface area contributed by atoms with Gasteiger partial charge in [0.25, 0.3) is 5.56 Å². The van der Waals surface area contributed by atoms with E-state index in [0.717, 1.165) is 10.3 Å². The van der Waals surface area contributed by atoms with Crippen molar-refractivity contribution in [3.63, 3.8) is 0 Å². The Morgan fingerprint density at radius 2 is 1.75 bits per heavy atom. The van der Waals surface area contributed by atoms with Gasteiger partial charge in [0.05, 0.1) is 5.52 Å². The van der Waals surface area contributed by atoms with Gasteiger partial charge in [-0.25, -0.2) is 4.79 Å². The summed E-state index contributed by atoms with van der Waals surface area (Å²) in [6.45, 7) is 3.67. The Morgan fingerprint density at radius 1 is 1.12 bits per heavy atom. The zero-order valence-electron chi connectivity index (χ0n) is 9.52. The van der Waals surface area contributed by atoms with Crippen LogP contribution in [0.4, 0.5) is 0 Å². The highest BCUT2D eigenvalue weighted by atomic mass is 16.2. The van der Waals surface area contributed by atoms with Gasteiger partial charge >= 0.3 is 5.69 Å². The first-order valence-corrected chi connectivity index (χ1v) is 4.87. The standard InChI is InChI=1S/C11H13N3O2/c1-5-7-6-8-9(12(7)2)10(15)14(4)11(16)13(8)3/h5-6H,1H2,2-4H3. The SMILES string of the molecule is C=Cc1cc2c(c(=O)n(C)c(=O)n2C)n1C. The molecule has 0 aliphatic rings. The molecular weight excluding hydrogens is 206 g/mol. The fourth-order valence-electron chi connectivity index (χ4n) is 1.88. The van der Waals surface area contributed by atoms with Crippen molar-refractivity contribution in [3.05, 3.63) is 39.2 Å². The van der Waals surface area contributed by atoms with Crippen molar-refractivity contribution in [1.29, 1.82) is 0 Å². The fraction of sp³-hybridized carbons (Fsp3) is 0.273. The van der Waals surface area contributed by atoms with Gasteiger partial charge in [0, 0.05) is 26.8 Å². The van der Waals surface area contributed by atoms with E-state index in [-0.39, 0.29) is 11.2 Å². The first-order valence-electron chi connectivity index (χ1n) is 4.87. The van der Waals surface area contributed by atoms with Crippen molar-refractivity contribution in [2.45, 2.75) is 0 Å². The Bertz CT molecular complexity index is 701. The molecule has 2 rings (SSSR count). The van der Waals surface area contributed by atoms with Gasteiger partial charge in [-0.3, -0.25) is 13.9 Å². The predicted molar refractivity (Wildman–Crippen MR) is 63.5 cm³/mol. The normalized spacial score (nSPS) is 10.9. The zero-order valence-corrected chi connectivity index (χ0v) is 9.52. The Morgan fingerprint density at radius 3 is 2.31 bits per heavy atom. The minimum atomic E-state index is -0.321. The lowest BCUT2D eigenvalue weighted by molar-refractivity contribution is 0.708. The maximum atomic E-state index is 11.9. The van der Waals surface area contributed by atoms with Crippen LogP contribution in [0.3, 0.4) is 0 Å². The van der Waals surface area contributed by atoms with Crippen LogP contribution in [0.15, 0.2) is 22.2 Å². The zero-order chi connectivity index (χ0) is 12.0. The van der Waals surface area contributed by atoms with E-state index in [0.29, 0.717) is 11.0 Å². The molecule has 0 aliphatic heterocycles. The van der Waals surface area contributed by atoms with Crippen molar-refractivity contribution in [2.75, 3.05) is 0 Å². The molecule has 0 bridgehead atoms. The molecule has 5 heteroatoms. The van der Waals surface area contributed by atoms with Crippen molar-refractivity contribution < 1.29 is 0 Å². The number of rotatable bonds is 1. The van der Waals surface area contributed by atoms with E-state index in [1.54, 1.807) is 30.8 Å². The summed E-state index contributed by atoms with van der Waals surface area (Å²) in [6, 6.07) is 1.78. The predicted octanol–water partition coefficient (Wildman–Crippen LogP) is 0.219. The van der Waals surface area contributed by atoms with Gasteiger partial charge in [-0.1, -0.05) is 6.58 Å². The Labute approximate surface area is 91.8 Å². The first kappa shape index (κ1) is 10.5. The van der Waals surface area contributed by atoms with Crippen LogP contribution in [-0.4, -0.2) is 13.7 Å². The summed E-state index contributed by atoms with van der Waals surface area (Å²) < 4.78 is 4.31. The third-order valence-corrected chi connectivity index (χ3v) is 2.90. The molecule has 2 aromatic heterocycles. The number of fused-ring (bicyclic) bond motifs is 1. The van der Waals surface area contributed by atoms with Gasteiger partial charge in [0.15, 0.2) is 0 Å². The molecule has 0 fully saturated rings. The minimum absolute atomic E-state index is 0.284. The van der Waals surface area contributed by atoms with E-state index in [9.17, 15) is 9.59 Å². The monoisotopic (exact) mass is 219 g/mol. The van der Waals surface area contributed by atoms with Gasteiger partial charge in [-0.2, -0.15) is 0 Å². The molecule has 0 atom stereocenters. The molecule has 0 saturated heterocycles. The highest BCUT2D eigenvalue weighted by molar-refractivity contribution is 5.79. The average Bonchev–Trinajstić information content (AvgIpc) is 2.61. The van der Waals surface area contributed by atoms with Crippen LogP contribution in [0.5, 0.6) is 0 Å². The molecule has 0 spiro atoms. The first-order chi connectivity index (χ1) is 7.49. The lowest BCUT2D eigenvalue weighted by Crippen LogP contribution is -2.37. The smallest absolute Gasteiger partial charge is 0.331 e. The molecule has 84 valence electrons. The molecule has 0 aliphatic carbocycles. The molecule has 0 saturated carbocycles. The maximum Gasteiger partial charge on any atom is 0.331 e. The van der Waals surface area contributed by atoms with Crippen LogP contribution in [0, 0.1) is 0 Å². The van der Waals surface area contributed by atoms with E-state index < -0.39 is 0 Å². The fourth-order valence-corrected chi connectivity index (χ4v) is 1.88. The second kappa shape index (κ2) is 3.23. The molecular formula is C11H13N3O2. The molecule has 16 heavy (non-hydrogen) atoms. The molecule has 0 N–H and O–H groups in total. The van der Waals surface area contributed by atoms with Crippen molar-refractivity contribution in [2.24, 2.45) is 21.1 Å². The third-order valence-electron chi connectivity index (χ3n) is 2.90. The van der Waals surface area contributed by atoms with Crippen molar-refractivity contribution in [3.8, 4) is 0 Å². The minimum Gasteiger partial charge on any atom is -0.338 e. The summed E-state index contributed by atoms with van der Waals surface area (Å²) in [7, 11) is 4.91. The van der Waals surface area contributed by atoms with Gasteiger partial charge in [0.1, 0.15) is 5.52 Å². The number of aryl methyl sites for hydroxylation is 2. The van der Waals surface area contributed by atoms with Gasteiger partial charge in [-0.15, -0.1) is 0 Å². The van der Waals surface area contributed by atoms with Crippen LogP contribution in [0.2, 0.25) is 0 Å². The summed E-state index contributed by atoms with van der Waals surface area (Å²) >= 11 is 0. The highest BCUT2D eigenvalue weighted by Gasteiger charge is 2.13. The van der Waals surface area contributed by atoms with E-state index in [2.05, 4.69) is 6.58 Å². The number of aromatic nitrogens is 3. The van der Waals surface area contributed by atoms with Crippen LogP contribution < -0.4 is 11.2 Å². The van der Waals surface area contributed by atoms with Crippen molar-refractivity contribution in [1.82, 2.24) is 13.7 Å². The van der Waals surface area contributed by atoms with Crippen LogP contribution in [0.25, 0.3) is 17.1 Å². The Balaban J connectivity index is 3.19. The van der Waals surface area contributed by atoms with Crippen LogP contribution in [-0.2, 0) is 21.1 Å². The second-order valence-corrected chi connectivity index (χ2v) is 3.77. The van der Waals surface area contributed by atoms with Gasteiger partial charge in [-0.05, 0) is 12.1 Å². The van der Waals surface area contributed by atoms with E-state index >= 15 is 0 Å². The Kier molecular flexibility index (Phi) is 2.11. The lowest BCUT2D eigenvalue weighted by Gasteiger charge is -2.04. The molecule has 2 aromatic rings. The number of hydrogen-bond acceptors (Lipinski definition) is 2. The summed E-state index contributed by atoms with van der Waals surface area (Å²) in [4.78, 5) is 23.6. The molecule has 0 aromatic carbocycles. The van der Waals surface area contributed by atoms with E-state index in [4.69, 9.17) is 0 Å². The summed E-state index contributed by atoms with van der Waals surface area (Å²) in [5, 5.41) is 0. The summed E-state index contributed by atoms with van der Waals surface area (Å²) in [5.74, 6) is 0. The molecule has 0 radical (unpaired) electrons. The van der Waals surface area contributed by atoms with Gasteiger partial charge < -0.3 is 4.57 Å². The van der Waals surface area contributed by atoms with E-state index in [1.807, 2.05) is 0 Å². The average molecular weight is 219 g/mol. The lowest BCUT2D eigenvalue weighted by atomic mass is 10.4. The molecule has 5 nitrogen and oxygen atoms in total. The molecule has 0 amide bonds.